The number of aromatic nitrogens is 4. The van der Waals surface area contributed by atoms with Crippen LogP contribution in [0.5, 0.6) is 5.75 Å². The first-order valence-corrected chi connectivity index (χ1v) is 12.2. The molecule has 0 fully saturated rings. The van der Waals surface area contributed by atoms with Gasteiger partial charge in [0.15, 0.2) is 11.0 Å². The highest BCUT2D eigenvalue weighted by molar-refractivity contribution is 8.13. The smallest absolute Gasteiger partial charge is 0.283 e. The fraction of sp³-hybridized carbons (Fsp3) is 0.320. The van der Waals surface area contributed by atoms with Gasteiger partial charge in [-0.05, 0) is 77.7 Å². The quantitative estimate of drug-likeness (QED) is 0.435. The van der Waals surface area contributed by atoms with E-state index in [4.69, 9.17) is 9.73 Å². The number of aliphatic imine (C=N–C) groups is 1. The van der Waals surface area contributed by atoms with Gasteiger partial charge in [0, 0.05) is 6.54 Å². The maximum atomic E-state index is 13.5. The van der Waals surface area contributed by atoms with Crippen molar-refractivity contribution < 1.29 is 9.53 Å². The molecule has 3 aromatic rings. The first kappa shape index (κ1) is 23.7. The van der Waals surface area contributed by atoms with Crippen LogP contribution in [0.3, 0.4) is 0 Å². The Labute approximate surface area is 203 Å². The lowest BCUT2D eigenvalue weighted by Gasteiger charge is -2.19. The molecule has 2 aromatic carbocycles. The summed E-state index contributed by atoms with van der Waals surface area (Å²) in [5, 5.41) is 12.7. The zero-order valence-electron chi connectivity index (χ0n) is 19.9. The van der Waals surface area contributed by atoms with Crippen LogP contribution in [0.4, 0.5) is 5.69 Å². The van der Waals surface area contributed by atoms with Crippen molar-refractivity contribution in [3.63, 3.8) is 0 Å². The molecule has 1 aliphatic rings. The van der Waals surface area contributed by atoms with Crippen molar-refractivity contribution in [3.05, 3.63) is 70.7 Å². The monoisotopic (exact) mass is 476 g/mol. The summed E-state index contributed by atoms with van der Waals surface area (Å²) in [5.74, 6) is 1.88. The predicted molar refractivity (Wildman–Crippen MR) is 136 cm³/mol. The Kier molecular flexibility index (Phi) is 7.42. The lowest BCUT2D eigenvalue weighted by molar-refractivity contribution is -0.113. The molecule has 0 bridgehead atoms. The van der Waals surface area contributed by atoms with Crippen LogP contribution < -0.4 is 9.64 Å². The maximum Gasteiger partial charge on any atom is 0.283 e. The Hall–Kier alpha value is -3.46. The summed E-state index contributed by atoms with van der Waals surface area (Å²) in [5.41, 5.74) is 4.24. The number of carbonyl (C=O) groups excluding carboxylic acids is 1. The van der Waals surface area contributed by atoms with Gasteiger partial charge in [0.1, 0.15) is 11.4 Å². The highest BCUT2D eigenvalue weighted by atomic mass is 32.2. The molecule has 1 aliphatic heterocycles. The zero-order chi connectivity index (χ0) is 24.1. The van der Waals surface area contributed by atoms with Crippen molar-refractivity contribution in [2.24, 2.45) is 4.99 Å². The predicted octanol–water partition coefficient (Wildman–Crippen LogP) is 4.78. The number of tetrazole rings is 1. The molecule has 34 heavy (non-hydrogen) atoms. The summed E-state index contributed by atoms with van der Waals surface area (Å²) in [6.07, 6.45) is 3.87. The molecule has 0 saturated heterocycles. The molecule has 0 spiro atoms. The summed E-state index contributed by atoms with van der Waals surface area (Å²) in [7, 11) is 1.63. The number of amidine groups is 1. The van der Waals surface area contributed by atoms with Crippen LogP contribution in [0.15, 0.2) is 53.2 Å². The average Bonchev–Trinajstić information content (AvgIpc) is 3.39. The van der Waals surface area contributed by atoms with Crippen molar-refractivity contribution >= 4 is 34.6 Å². The van der Waals surface area contributed by atoms with Gasteiger partial charge in [-0.2, -0.15) is 0 Å². The number of carbonyl (C=O) groups is 1. The number of aryl methyl sites for hydroxylation is 3. The third-order valence-electron chi connectivity index (χ3n) is 5.37. The minimum absolute atomic E-state index is 0.158. The topological polar surface area (TPSA) is 85.5 Å². The fourth-order valence-electron chi connectivity index (χ4n) is 3.70. The Morgan fingerprint density at radius 1 is 1.09 bits per heavy atom. The van der Waals surface area contributed by atoms with Crippen molar-refractivity contribution in [1.82, 2.24) is 20.2 Å². The lowest BCUT2D eigenvalue weighted by Crippen LogP contribution is -2.30. The van der Waals surface area contributed by atoms with Crippen molar-refractivity contribution in [1.29, 1.82) is 0 Å². The molecule has 176 valence electrons. The second-order valence-electron chi connectivity index (χ2n) is 8.14. The zero-order valence-corrected chi connectivity index (χ0v) is 20.7. The number of unbranched alkanes of at least 4 members (excludes halogenated alkanes) is 1. The molecule has 0 unspecified atom stereocenters. The van der Waals surface area contributed by atoms with Gasteiger partial charge in [-0.1, -0.05) is 43.3 Å². The molecule has 8 nitrogen and oxygen atoms in total. The summed E-state index contributed by atoms with van der Waals surface area (Å²) < 4.78 is 7.05. The molecule has 4 rings (SSSR count). The van der Waals surface area contributed by atoms with E-state index in [1.54, 1.807) is 18.1 Å². The number of hydrogen-bond donors (Lipinski definition) is 0. The number of thioether (sulfide) groups is 1. The first-order chi connectivity index (χ1) is 16.5. The van der Waals surface area contributed by atoms with Gasteiger partial charge in [-0.15, -0.1) is 5.10 Å². The van der Waals surface area contributed by atoms with E-state index in [2.05, 4.69) is 28.5 Å². The van der Waals surface area contributed by atoms with Crippen LogP contribution in [-0.2, 0) is 17.1 Å². The number of amides is 1. The van der Waals surface area contributed by atoms with E-state index in [-0.39, 0.29) is 5.91 Å². The van der Waals surface area contributed by atoms with E-state index < -0.39 is 0 Å². The third kappa shape index (κ3) is 5.36. The van der Waals surface area contributed by atoms with E-state index in [0.717, 1.165) is 53.3 Å². The number of methoxy groups -OCH3 is 1. The summed E-state index contributed by atoms with van der Waals surface area (Å²) in [6.45, 7) is 6.96. The molecular weight excluding hydrogens is 448 g/mol. The Morgan fingerprint density at radius 2 is 1.82 bits per heavy atom. The minimum Gasteiger partial charge on any atom is -0.497 e. The number of hydrogen-bond acceptors (Lipinski definition) is 7. The highest BCUT2D eigenvalue weighted by Crippen LogP contribution is 2.32. The van der Waals surface area contributed by atoms with E-state index >= 15 is 0 Å². The van der Waals surface area contributed by atoms with Crippen molar-refractivity contribution in [2.75, 3.05) is 12.0 Å². The van der Waals surface area contributed by atoms with Crippen LogP contribution in [-0.4, -0.2) is 38.4 Å². The average molecular weight is 477 g/mol. The van der Waals surface area contributed by atoms with E-state index in [1.807, 2.05) is 54.9 Å². The van der Waals surface area contributed by atoms with Crippen LogP contribution in [0.1, 0.15) is 42.3 Å². The molecule has 0 radical (unpaired) electrons. The molecule has 0 atom stereocenters. The molecular formula is C25H28N6O2S. The molecule has 1 aromatic heterocycles. The maximum absolute atomic E-state index is 13.5. The number of anilines is 1. The molecule has 1 amide bonds. The number of nitrogens with zero attached hydrogens (tertiary/aromatic N) is 6. The number of ether oxygens (including phenoxy) is 1. The Bertz CT molecular complexity index is 1210. The summed E-state index contributed by atoms with van der Waals surface area (Å²) in [4.78, 5) is 19.9. The summed E-state index contributed by atoms with van der Waals surface area (Å²) >= 11 is 1.46. The highest BCUT2D eigenvalue weighted by Gasteiger charge is 2.32. The second-order valence-corrected chi connectivity index (χ2v) is 9.09. The Morgan fingerprint density at radius 3 is 2.50 bits per heavy atom. The largest absolute Gasteiger partial charge is 0.497 e. The van der Waals surface area contributed by atoms with Gasteiger partial charge >= 0.3 is 0 Å². The second kappa shape index (κ2) is 10.6. The van der Waals surface area contributed by atoms with Gasteiger partial charge in [0.2, 0.25) is 0 Å². The van der Waals surface area contributed by atoms with Crippen LogP contribution in [0.25, 0.3) is 6.08 Å². The minimum atomic E-state index is -0.158. The van der Waals surface area contributed by atoms with Gasteiger partial charge in [-0.3, -0.25) is 9.69 Å². The third-order valence-corrected chi connectivity index (χ3v) is 6.31. The molecule has 0 N–H and O–H groups in total. The van der Waals surface area contributed by atoms with E-state index in [0.29, 0.717) is 16.6 Å². The molecule has 9 heteroatoms. The lowest BCUT2D eigenvalue weighted by atomic mass is 10.1. The number of benzene rings is 2. The number of rotatable bonds is 8. The van der Waals surface area contributed by atoms with E-state index in [9.17, 15) is 4.79 Å². The van der Waals surface area contributed by atoms with Gasteiger partial charge in [0.25, 0.3) is 5.91 Å². The SMILES string of the molecule is CCCCn1nnnc1CSC1=N/C(=C\c2ccc(OC)cc2)C(=O)N1c1cc(C)cc(C)c1. The fourth-order valence-corrected chi connectivity index (χ4v) is 4.64. The van der Waals surface area contributed by atoms with Gasteiger partial charge in [-0.25, -0.2) is 9.67 Å². The normalized spacial score (nSPS) is 14.7. The van der Waals surface area contributed by atoms with E-state index in [1.165, 1.54) is 11.8 Å². The van der Waals surface area contributed by atoms with Crippen LogP contribution >= 0.6 is 11.8 Å². The van der Waals surface area contributed by atoms with Crippen molar-refractivity contribution in [3.8, 4) is 5.75 Å². The van der Waals surface area contributed by atoms with Crippen LogP contribution in [0.2, 0.25) is 0 Å². The van der Waals surface area contributed by atoms with Crippen molar-refractivity contribution in [2.45, 2.75) is 45.9 Å². The molecule has 0 saturated carbocycles. The standard InChI is InChI=1S/C25H28N6O2S/c1-5-6-11-30-23(27-28-29-30)16-34-25-26-22(15-19-7-9-21(33-4)10-8-19)24(32)31(25)20-13-17(2)12-18(3)14-20/h7-10,12-15H,5-6,11,16H2,1-4H3/b22-15-. The van der Waals surface area contributed by atoms with Gasteiger partial charge < -0.3 is 4.74 Å². The molecule has 0 aliphatic carbocycles. The first-order valence-electron chi connectivity index (χ1n) is 11.2. The Balaban J connectivity index is 1.65. The van der Waals surface area contributed by atoms with Gasteiger partial charge in [0.05, 0.1) is 18.6 Å². The van der Waals surface area contributed by atoms with Crippen LogP contribution in [0, 0.1) is 13.8 Å². The molecule has 2 heterocycles. The summed E-state index contributed by atoms with van der Waals surface area (Å²) in [6, 6.07) is 13.6.